The predicted octanol–water partition coefficient (Wildman–Crippen LogP) is -0.622. The van der Waals surface area contributed by atoms with E-state index in [1.165, 1.54) is 4.31 Å². The number of sulfonamides is 1. The van der Waals surface area contributed by atoms with Gasteiger partial charge in [-0.3, -0.25) is 0 Å². The van der Waals surface area contributed by atoms with Crippen LogP contribution >= 0.6 is 15.9 Å². The third-order valence-corrected chi connectivity index (χ3v) is 5.86. The van der Waals surface area contributed by atoms with Gasteiger partial charge in [0.15, 0.2) is 0 Å². The highest BCUT2D eigenvalue weighted by Crippen LogP contribution is 2.17. The standard InChI is InChI=1S/C7H12BrN3O3S/c8-5-15(13,14)10-1-2-11-6(4-10)3-9-7(11)12/h6H,1-5H2,(H,9,12). The molecule has 86 valence electrons. The lowest BCUT2D eigenvalue weighted by Crippen LogP contribution is -2.53. The molecule has 0 aromatic carbocycles. The first kappa shape index (κ1) is 11.2. The number of hydrogen-bond acceptors (Lipinski definition) is 3. The summed E-state index contributed by atoms with van der Waals surface area (Å²) in [5, 5.41) is 2.71. The van der Waals surface area contributed by atoms with Crippen LogP contribution in [0.2, 0.25) is 0 Å². The van der Waals surface area contributed by atoms with Gasteiger partial charge in [-0.2, -0.15) is 4.31 Å². The predicted molar refractivity (Wildman–Crippen MR) is 58.2 cm³/mol. The SMILES string of the molecule is O=C1NCC2CN(S(=O)(=O)CBr)CCN12. The Morgan fingerprint density at radius 3 is 2.87 bits per heavy atom. The summed E-state index contributed by atoms with van der Waals surface area (Å²) in [4.78, 5) is 13.0. The second kappa shape index (κ2) is 3.91. The van der Waals surface area contributed by atoms with Crippen LogP contribution in [0.25, 0.3) is 0 Å². The van der Waals surface area contributed by atoms with Gasteiger partial charge in [-0.15, -0.1) is 0 Å². The van der Waals surface area contributed by atoms with Crippen LogP contribution in [0.4, 0.5) is 4.79 Å². The summed E-state index contributed by atoms with van der Waals surface area (Å²) in [5.41, 5.74) is 0. The molecule has 6 nitrogen and oxygen atoms in total. The molecular formula is C7H12BrN3O3S. The van der Waals surface area contributed by atoms with Crippen molar-refractivity contribution in [2.75, 3.05) is 30.8 Å². The maximum Gasteiger partial charge on any atom is 0.317 e. The van der Waals surface area contributed by atoms with Crippen LogP contribution < -0.4 is 5.32 Å². The fraction of sp³-hybridized carbons (Fsp3) is 0.857. The number of halogens is 1. The third-order valence-electron chi connectivity index (χ3n) is 2.73. The maximum atomic E-state index is 11.6. The summed E-state index contributed by atoms with van der Waals surface area (Å²) < 4.78 is 24.5. The molecule has 2 heterocycles. The zero-order chi connectivity index (χ0) is 11.1. The van der Waals surface area contributed by atoms with Crippen molar-refractivity contribution in [2.45, 2.75) is 6.04 Å². The lowest BCUT2D eigenvalue weighted by molar-refractivity contribution is 0.165. The molecule has 0 aromatic heterocycles. The smallest absolute Gasteiger partial charge is 0.317 e. The Hall–Kier alpha value is -0.340. The van der Waals surface area contributed by atoms with E-state index in [1.54, 1.807) is 4.90 Å². The van der Waals surface area contributed by atoms with Gasteiger partial charge >= 0.3 is 6.03 Å². The van der Waals surface area contributed by atoms with Crippen LogP contribution in [-0.2, 0) is 10.0 Å². The summed E-state index contributed by atoms with van der Waals surface area (Å²) >= 11 is 2.97. The molecule has 1 unspecified atom stereocenters. The van der Waals surface area contributed by atoms with Crippen molar-refractivity contribution in [3.8, 4) is 0 Å². The van der Waals surface area contributed by atoms with Crippen molar-refractivity contribution < 1.29 is 13.2 Å². The average molecular weight is 298 g/mol. The Balaban J connectivity index is 2.09. The highest BCUT2D eigenvalue weighted by atomic mass is 79.9. The first-order valence-corrected chi connectivity index (χ1v) is 7.36. The van der Waals surface area contributed by atoms with Gasteiger partial charge in [0.05, 0.1) is 6.04 Å². The van der Waals surface area contributed by atoms with Crippen LogP contribution in [0.5, 0.6) is 0 Å². The van der Waals surface area contributed by atoms with Crippen molar-refractivity contribution in [2.24, 2.45) is 0 Å². The minimum Gasteiger partial charge on any atom is -0.336 e. The van der Waals surface area contributed by atoms with Gasteiger partial charge in [-0.05, 0) is 0 Å². The van der Waals surface area contributed by atoms with Gasteiger partial charge in [0.25, 0.3) is 0 Å². The number of amides is 2. The van der Waals surface area contributed by atoms with E-state index in [9.17, 15) is 13.2 Å². The number of piperazine rings is 1. The number of urea groups is 1. The van der Waals surface area contributed by atoms with Gasteiger partial charge in [0.1, 0.15) is 4.66 Å². The fourth-order valence-corrected chi connectivity index (χ4v) is 3.66. The normalized spacial score (nSPS) is 27.7. The van der Waals surface area contributed by atoms with E-state index in [0.29, 0.717) is 26.2 Å². The molecule has 2 aliphatic heterocycles. The summed E-state index contributed by atoms with van der Waals surface area (Å²) in [6, 6.07) is -0.101. The second-order valence-electron chi connectivity index (χ2n) is 3.61. The molecule has 0 spiro atoms. The van der Waals surface area contributed by atoms with Crippen LogP contribution in [0, 0.1) is 0 Å². The van der Waals surface area contributed by atoms with E-state index in [2.05, 4.69) is 21.2 Å². The number of fused-ring (bicyclic) bond motifs is 1. The topological polar surface area (TPSA) is 69.7 Å². The molecule has 2 fully saturated rings. The number of nitrogens with one attached hydrogen (secondary N) is 1. The Morgan fingerprint density at radius 1 is 1.47 bits per heavy atom. The van der Waals surface area contributed by atoms with Gasteiger partial charge in [-0.25, -0.2) is 13.2 Å². The number of carbonyl (C=O) groups excluding carboxylic acids is 1. The zero-order valence-corrected chi connectivity index (χ0v) is 10.4. The summed E-state index contributed by atoms with van der Waals surface area (Å²) in [6.45, 7) is 1.79. The molecule has 1 atom stereocenters. The van der Waals surface area contributed by atoms with Crippen LogP contribution in [0.15, 0.2) is 0 Å². The summed E-state index contributed by atoms with van der Waals surface area (Å²) in [6.07, 6.45) is 0. The molecule has 8 heteroatoms. The van der Waals surface area contributed by atoms with Crippen LogP contribution in [0.1, 0.15) is 0 Å². The second-order valence-corrected chi connectivity index (χ2v) is 6.88. The molecule has 2 saturated heterocycles. The monoisotopic (exact) mass is 297 g/mol. The number of hydrogen-bond donors (Lipinski definition) is 1. The van der Waals surface area contributed by atoms with Gasteiger partial charge in [0, 0.05) is 26.2 Å². The molecule has 0 radical (unpaired) electrons. The Bertz CT molecular complexity index is 372. The molecule has 15 heavy (non-hydrogen) atoms. The van der Waals surface area contributed by atoms with Crippen LogP contribution in [-0.4, -0.2) is 60.5 Å². The fourth-order valence-electron chi connectivity index (χ4n) is 1.90. The number of rotatable bonds is 2. The number of nitrogens with zero attached hydrogens (tertiary/aromatic N) is 2. The minimum absolute atomic E-state index is 0.0138. The Kier molecular flexibility index (Phi) is 2.91. The number of carbonyl (C=O) groups is 1. The molecule has 0 saturated carbocycles. The van der Waals surface area contributed by atoms with Gasteiger partial charge in [-0.1, -0.05) is 15.9 Å². The largest absolute Gasteiger partial charge is 0.336 e. The molecule has 1 N–H and O–H groups in total. The van der Waals surface area contributed by atoms with Crippen molar-refractivity contribution in [3.05, 3.63) is 0 Å². The van der Waals surface area contributed by atoms with E-state index in [0.717, 1.165) is 0 Å². The third kappa shape index (κ3) is 1.98. The van der Waals surface area contributed by atoms with Crippen LogP contribution in [0.3, 0.4) is 0 Å². The summed E-state index contributed by atoms with van der Waals surface area (Å²) in [7, 11) is -3.19. The van der Waals surface area contributed by atoms with E-state index in [-0.39, 0.29) is 16.7 Å². The maximum absolute atomic E-state index is 11.6. The van der Waals surface area contributed by atoms with E-state index in [4.69, 9.17) is 0 Å². The molecule has 0 bridgehead atoms. The van der Waals surface area contributed by atoms with Crippen molar-refractivity contribution in [1.29, 1.82) is 0 Å². The Morgan fingerprint density at radius 2 is 2.20 bits per heavy atom. The van der Waals surface area contributed by atoms with Crippen molar-refractivity contribution in [1.82, 2.24) is 14.5 Å². The lowest BCUT2D eigenvalue weighted by Gasteiger charge is -2.35. The highest BCUT2D eigenvalue weighted by Gasteiger charge is 2.38. The van der Waals surface area contributed by atoms with Gasteiger partial charge < -0.3 is 10.2 Å². The first-order chi connectivity index (χ1) is 7.04. The lowest BCUT2D eigenvalue weighted by atomic mass is 10.2. The average Bonchev–Trinajstić information content (AvgIpc) is 2.60. The minimum atomic E-state index is -3.19. The first-order valence-electron chi connectivity index (χ1n) is 4.63. The van der Waals surface area contributed by atoms with E-state index < -0.39 is 10.0 Å². The zero-order valence-electron chi connectivity index (χ0n) is 8.02. The van der Waals surface area contributed by atoms with E-state index >= 15 is 0 Å². The highest BCUT2D eigenvalue weighted by molar-refractivity contribution is 9.10. The van der Waals surface area contributed by atoms with E-state index in [1.807, 2.05) is 0 Å². The molecule has 2 amide bonds. The summed E-state index contributed by atoms with van der Waals surface area (Å²) in [5.74, 6) is 0. The molecule has 0 aromatic rings. The molecule has 2 aliphatic rings. The quantitative estimate of drug-likeness (QED) is 0.691. The van der Waals surface area contributed by atoms with Crippen molar-refractivity contribution in [3.63, 3.8) is 0 Å². The molecular weight excluding hydrogens is 286 g/mol. The molecule has 0 aliphatic carbocycles. The Labute approximate surface area is 96.8 Å². The number of alkyl halides is 1. The van der Waals surface area contributed by atoms with Gasteiger partial charge in [0.2, 0.25) is 10.0 Å². The molecule has 2 rings (SSSR count). The van der Waals surface area contributed by atoms with Crippen molar-refractivity contribution >= 4 is 32.0 Å².